The average Bonchev–Trinajstić information content (AvgIpc) is 2.17. The Balaban J connectivity index is 3.22. The summed E-state index contributed by atoms with van der Waals surface area (Å²) in [6, 6.07) is 7.19. The Morgan fingerprint density at radius 1 is 0.812 bits per heavy atom. The number of rotatable bonds is 2. The highest BCUT2D eigenvalue weighted by Gasteiger charge is 2.65. The maximum absolute atomic E-state index is 12.6. The van der Waals surface area contributed by atoms with Crippen molar-refractivity contribution in [3.63, 3.8) is 0 Å². The first-order valence-electron chi connectivity index (χ1n) is 3.98. The summed E-state index contributed by atoms with van der Waals surface area (Å²) >= 11 is 21.7. The van der Waals surface area contributed by atoms with E-state index >= 15 is 0 Å². The van der Waals surface area contributed by atoms with Crippen molar-refractivity contribution in [3.8, 4) is 0 Å². The molecule has 0 aliphatic heterocycles. The topological polar surface area (TPSA) is 0 Å². The number of alkyl halides is 7. The summed E-state index contributed by atoms with van der Waals surface area (Å²) in [6.45, 7) is 0. The number of hydrogen-bond donors (Lipinski definition) is 0. The summed E-state index contributed by atoms with van der Waals surface area (Å²) in [6.07, 6.45) is -4.95. The molecule has 7 heteroatoms. The van der Waals surface area contributed by atoms with Gasteiger partial charge in [-0.2, -0.15) is 13.2 Å². The van der Waals surface area contributed by atoms with Gasteiger partial charge < -0.3 is 0 Å². The van der Waals surface area contributed by atoms with Gasteiger partial charge in [0.15, 0.2) is 4.33 Å². The standard InChI is InChI=1S/C9H5Cl4F3/c10-7(11,6-4-2-1-3-5-6)8(12,13)9(14,15)16/h1-5H. The molecule has 1 aromatic rings. The Labute approximate surface area is 110 Å². The molecule has 1 aromatic carbocycles. The molecule has 90 valence electrons. The predicted octanol–water partition coefficient (Wildman–Crippen LogP) is 5.05. The van der Waals surface area contributed by atoms with Gasteiger partial charge in [-0.15, -0.1) is 0 Å². The number of benzene rings is 1. The molecule has 0 bridgehead atoms. The minimum absolute atomic E-state index is 0.0272. The van der Waals surface area contributed by atoms with Gasteiger partial charge in [-0.25, -0.2) is 0 Å². The summed E-state index contributed by atoms with van der Waals surface area (Å²) in [5, 5.41) is 0. The molecule has 0 nitrogen and oxygen atoms in total. The summed E-state index contributed by atoms with van der Waals surface area (Å²) in [4.78, 5) is 0. The van der Waals surface area contributed by atoms with Gasteiger partial charge in [0.2, 0.25) is 4.33 Å². The lowest BCUT2D eigenvalue weighted by Crippen LogP contribution is -2.46. The molecule has 0 fully saturated rings. The van der Waals surface area contributed by atoms with Crippen LogP contribution in [0.4, 0.5) is 13.2 Å². The monoisotopic (exact) mass is 310 g/mol. The van der Waals surface area contributed by atoms with E-state index < -0.39 is 14.8 Å². The van der Waals surface area contributed by atoms with Gasteiger partial charge in [-0.1, -0.05) is 76.7 Å². The van der Waals surface area contributed by atoms with E-state index in [4.69, 9.17) is 46.4 Å². The number of hydrogen-bond acceptors (Lipinski definition) is 0. The summed E-state index contributed by atoms with van der Waals surface area (Å²) in [5.41, 5.74) is -0.0272. The molecule has 0 amide bonds. The van der Waals surface area contributed by atoms with E-state index in [1.165, 1.54) is 24.3 Å². The molecule has 0 aliphatic carbocycles. The van der Waals surface area contributed by atoms with Crippen LogP contribution in [0.15, 0.2) is 30.3 Å². The van der Waals surface area contributed by atoms with Crippen molar-refractivity contribution in [1.82, 2.24) is 0 Å². The van der Waals surface area contributed by atoms with E-state index in [2.05, 4.69) is 0 Å². The van der Waals surface area contributed by atoms with Crippen molar-refractivity contribution in [2.24, 2.45) is 0 Å². The molecule has 0 saturated carbocycles. The van der Waals surface area contributed by atoms with E-state index in [-0.39, 0.29) is 5.56 Å². The third kappa shape index (κ3) is 2.37. The predicted molar refractivity (Wildman–Crippen MR) is 60.3 cm³/mol. The molecule has 0 N–H and O–H groups in total. The van der Waals surface area contributed by atoms with Gasteiger partial charge in [0, 0.05) is 0 Å². The van der Waals surface area contributed by atoms with Crippen LogP contribution in [0.5, 0.6) is 0 Å². The minimum atomic E-state index is -4.95. The lowest BCUT2D eigenvalue weighted by molar-refractivity contribution is -0.144. The highest BCUT2D eigenvalue weighted by molar-refractivity contribution is 6.62. The van der Waals surface area contributed by atoms with Crippen molar-refractivity contribution in [2.75, 3.05) is 0 Å². The average molecular weight is 312 g/mol. The van der Waals surface area contributed by atoms with Gasteiger partial charge in [-0.05, 0) is 5.56 Å². The van der Waals surface area contributed by atoms with Crippen LogP contribution >= 0.6 is 46.4 Å². The third-order valence-corrected chi connectivity index (χ3v) is 4.27. The fraction of sp³-hybridized carbons (Fsp3) is 0.333. The van der Waals surface area contributed by atoms with Crippen LogP contribution in [0.2, 0.25) is 0 Å². The van der Waals surface area contributed by atoms with Crippen LogP contribution in [0.25, 0.3) is 0 Å². The Kier molecular flexibility index (Phi) is 3.96. The van der Waals surface area contributed by atoms with Crippen molar-refractivity contribution < 1.29 is 13.2 Å². The van der Waals surface area contributed by atoms with Crippen molar-refractivity contribution in [2.45, 2.75) is 14.8 Å². The zero-order chi connectivity index (χ0) is 12.6. The molecular formula is C9H5Cl4F3. The molecule has 0 spiro atoms. The SMILES string of the molecule is FC(F)(F)C(Cl)(Cl)C(Cl)(Cl)c1ccccc1. The maximum atomic E-state index is 12.6. The zero-order valence-corrected chi connectivity index (χ0v) is 10.6. The van der Waals surface area contributed by atoms with Crippen LogP contribution < -0.4 is 0 Å². The summed E-state index contributed by atoms with van der Waals surface area (Å²) in [5.74, 6) is 0. The molecule has 0 aromatic heterocycles. The molecule has 1 rings (SSSR count). The molecule has 0 heterocycles. The quantitative estimate of drug-likeness (QED) is 0.670. The molecule has 0 atom stereocenters. The fourth-order valence-electron chi connectivity index (χ4n) is 1.01. The van der Waals surface area contributed by atoms with Gasteiger partial charge in [0.25, 0.3) is 0 Å². The van der Waals surface area contributed by atoms with E-state index in [1.54, 1.807) is 6.07 Å². The molecule has 16 heavy (non-hydrogen) atoms. The Bertz CT molecular complexity index is 359. The van der Waals surface area contributed by atoms with Crippen molar-refractivity contribution in [1.29, 1.82) is 0 Å². The molecule has 0 saturated heterocycles. The largest absolute Gasteiger partial charge is 0.424 e. The highest BCUT2D eigenvalue weighted by Crippen LogP contribution is 2.57. The molecule has 0 aliphatic rings. The van der Waals surface area contributed by atoms with Gasteiger partial charge >= 0.3 is 6.18 Å². The summed E-state index contributed by atoms with van der Waals surface area (Å²) < 4.78 is 32.0. The molecular weight excluding hydrogens is 307 g/mol. The second kappa shape index (κ2) is 4.45. The summed E-state index contributed by atoms with van der Waals surface area (Å²) in [7, 11) is 0. The van der Waals surface area contributed by atoms with Gasteiger partial charge in [0.05, 0.1) is 0 Å². The number of halogens is 7. The Morgan fingerprint density at radius 2 is 1.25 bits per heavy atom. The van der Waals surface area contributed by atoms with Crippen molar-refractivity contribution in [3.05, 3.63) is 35.9 Å². The lowest BCUT2D eigenvalue weighted by atomic mass is 10.1. The fourth-order valence-corrected chi connectivity index (χ4v) is 1.69. The first-order chi connectivity index (χ1) is 7.11. The molecule has 0 unspecified atom stereocenters. The van der Waals surface area contributed by atoms with Crippen LogP contribution in [-0.4, -0.2) is 10.5 Å². The van der Waals surface area contributed by atoms with E-state index in [1.807, 2.05) is 0 Å². The maximum Gasteiger partial charge on any atom is 0.424 e. The lowest BCUT2D eigenvalue weighted by Gasteiger charge is -2.34. The van der Waals surface area contributed by atoms with E-state index in [0.29, 0.717) is 0 Å². The van der Waals surface area contributed by atoms with Crippen LogP contribution in [0, 0.1) is 0 Å². The van der Waals surface area contributed by atoms with E-state index in [0.717, 1.165) is 0 Å². The Morgan fingerprint density at radius 3 is 1.62 bits per heavy atom. The van der Waals surface area contributed by atoms with Gasteiger partial charge in [-0.3, -0.25) is 0 Å². The smallest absolute Gasteiger partial charge is 0.168 e. The highest BCUT2D eigenvalue weighted by atomic mass is 35.5. The second-order valence-electron chi connectivity index (χ2n) is 3.01. The first kappa shape index (κ1) is 14.2. The van der Waals surface area contributed by atoms with Crippen LogP contribution in [0.1, 0.15) is 5.56 Å². The second-order valence-corrected chi connectivity index (χ2v) is 5.67. The Hall–Kier alpha value is 0.170. The van der Waals surface area contributed by atoms with Crippen LogP contribution in [0.3, 0.4) is 0 Å². The normalized spacial score (nSPS) is 13.9. The van der Waals surface area contributed by atoms with Gasteiger partial charge in [0.1, 0.15) is 0 Å². The van der Waals surface area contributed by atoms with E-state index in [9.17, 15) is 13.2 Å². The van der Waals surface area contributed by atoms with Crippen LogP contribution in [-0.2, 0) is 4.33 Å². The first-order valence-corrected chi connectivity index (χ1v) is 5.50. The van der Waals surface area contributed by atoms with Crippen molar-refractivity contribution >= 4 is 46.4 Å². The minimum Gasteiger partial charge on any atom is -0.168 e. The zero-order valence-electron chi connectivity index (χ0n) is 7.53. The molecule has 0 radical (unpaired) electrons. The third-order valence-electron chi connectivity index (χ3n) is 1.89.